The standard InChI is InChI=1S/C20H21N3O2/c1-2-3-8-18-21-19(23-22-18)13-14-9-11-15(12-10-14)16-6-4-5-7-17(16)20(24)25/h4-7,9-12H,2-3,8,13H2,1H3,(H,24,25)(H,21,22,23). The first-order valence-electron chi connectivity index (χ1n) is 8.49. The van der Waals surface area contributed by atoms with Crippen molar-refractivity contribution < 1.29 is 9.90 Å². The number of nitrogens with one attached hydrogen (secondary N) is 1. The highest BCUT2D eigenvalue weighted by Crippen LogP contribution is 2.24. The molecule has 3 aromatic rings. The number of aromatic carboxylic acids is 1. The number of carbonyl (C=O) groups is 1. The van der Waals surface area contributed by atoms with Crippen LogP contribution in [0, 0.1) is 0 Å². The summed E-state index contributed by atoms with van der Waals surface area (Å²) in [6, 6.07) is 14.9. The fourth-order valence-electron chi connectivity index (χ4n) is 2.78. The Morgan fingerprint density at radius 2 is 1.88 bits per heavy atom. The van der Waals surface area contributed by atoms with Crippen molar-refractivity contribution in [1.82, 2.24) is 15.2 Å². The lowest BCUT2D eigenvalue weighted by atomic mass is 9.98. The van der Waals surface area contributed by atoms with Crippen molar-refractivity contribution in [2.75, 3.05) is 0 Å². The van der Waals surface area contributed by atoms with Crippen LogP contribution < -0.4 is 0 Å². The van der Waals surface area contributed by atoms with Crippen molar-refractivity contribution >= 4 is 5.97 Å². The zero-order valence-corrected chi connectivity index (χ0v) is 14.2. The number of aryl methyl sites for hydroxylation is 1. The van der Waals surface area contributed by atoms with Crippen LogP contribution >= 0.6 is 0 Å². The van der Waals surface area contributed by atoms with Gasteiger partial charge >= 0.3 is 5.97 Å². The lowest BCUT2D eigenvalue weighted by molar-refractivity contribution is 0.0697. The van der Waals surface area contributed by atoms with Gasteiger partial charge in [-0.15, -0.1) is 0 Å². The molecule has 3 rings (SSSR count). The molecule has 0 amide bonds. The molecule has 0 aliphatic heterocycles. The molecule has 0 aliphatic carbocycles. The largest absolute Gasteiger partial charge is 0.478 e. The van der Waals surface area contributed by atoms with E-state index in [1.165, 1.54) is 0 Å². The highest BCUT2D eigenvalue weighted by atomic mass is 16.4. The first-order chi connectivity index (χ1) is 12.2. The van der Waals surface area contributed by atoms with Gasteiger partial charge in [0, 0.05) is 12.8 Å². The Kier molecular flexibility index (Phi) is 5.23. The van der Waals surface area contributed by atoms with Crippen molar-refractivity contribution in [2.45, 2.75) is 32.6 Å². The highest BCUT2D eigenvalue weighted by molar-refractivity contribution is 5.95. The van der Waals surface area contributed by atoms with Gasteiger partial charge in [0.25, 0.3) is 0 Å². The number of hydrogen-bond donors (Lipinski definition) is 2. The van der Waals surface area contributed by atoms with Crippen LogP contribution in [0.4, 0.5) is 0 Å². The monoisotopic (exact) mass is 335 g/mol. The molecule has 0 saturated carbocycles. The van der Waals surface area contributed by atoms with Crippen LogP contribution in [0.2, 0.25) is 0 Å². The number of hydrogen-bond acceptors (Lipinski definition) is 3. The normalized spacial score (nSPS) is 10.8. The zero-order chi connectivity index (χ0) is 17.6. The third kappa shape index (κ3) is 4.12. The van der Waals surface area contributed by atoms with Gasteiger partial charge in [0.1, 0.15) is 5.82 Å². The minimum absolute atomic E-state index is 0.311. The van der Waals surface area contributed by atoms with Gasteiger partial charge in [0.15, 0.2) is 5.82 Å². The van der Waals surface area contributed by atoms with Gasteiger partial charge in [-0.1, -0.05) is 55.8 Å². The van der Waals surface area contributed by atoms with E-state index in [0.717, 1.165) is 47.6 Å². The summed E-state index contributed by atoms with van der Waals surface area (Å²) < 4.78 is 0. The summed E-state index contributed by atoms with van der Waals surface area (Å²) in [5.74, 6) is 0.801. The molecular formula is C20H21N3O2. The fourth-order valence-corrected chi connectivity index (χ4v) is 2.78. The number of rotatable bonds is 7. The maximum Gasteiger partial charge on any atom is 0.336 e. The molecule has 1 heterocycles. The summed E-state index contributed by atoms with van der Waals surface area (Å²) in [6.07, 6.45) is 3.80. The molecule has 0 fully saturated rings. The van der Waals surface area contributed by atoms with E-state index in [1.807, 2.05) is 36.4 Å². The summed E-state index contributed by atoms with van der Waals surface area (Å²) in [6.45, 7) is 2.15. The topological polar surface area (TPSA) is 78.9 Å². The molecule has 2 N–H and O–H groups in total. The van der Waals surface area contributed by atoms with Crippen LogP contribution in [-0.4, -0.2) is 26.3 Å². The second-order valence-electron chi connectivity index (χ2n) is 6.03. The molecule has 0 saturated heterocycles. The third-order valence-electron chi connectivity index (χ3n) is 4.13. The Morgan fingerprint density at radius 3 is 2.60 bits per heavy atom. The number of nitrogens with zero attached hydrogens (tertiary/aromatic N) is 2. The quantitative estimate of drug-likeness (QED) is 0.681. The molecule has 0 spiro atoms. The number of carboxylic acid groups (broad SMARTS) is 1. The van der Waals surface area contributed by atoms with Gasteiger partial charge in [-0.2, -0.15) is 5.10 Å². The van der Waals surface area contributed by atoms with E-state index in [2.05, 4.69) is 22.1 Å². The molecule has 0 radical (unpaired) electrons. The first kappa shape index (κ1) is 16.9. The predicted octanol–water partition coefficient (Wildman–Crippen LogP) is 4.10. The average molecular weight is 335 g/mol. The number of benzene rings is 2. The van der Waals surface area contributed by atoms with Crippen LogP contribution in [0.15, 0.2) is 48.5 Å². The van der Waals surface area contributed by atoms with Gasteiger partial charge in [-0.05, 0) is 29.2 Å². The first-order valence-corrected chi connectivity index (χ1v) is 8.49. The van der Waals surface area contributed by atoms with Gasteiger partial charge in [0.2, 0.25) is 0 Å². The van der Waals surface area contributed by atoms with Crippen LogP contribution in [0.3, 0.4) is 0 Å². The highest BCUT2D eigenvalue weighted by Gasteiger charge is 2.11. The summed E-state index contributed by atoms with van der Waals surface area (Å²) in [7, 11) is 0. The second kappa shape index (κ2) is 7.75. The summed E-state index contributed by atoms with van der Waals surface area (Å²) >= 11 is 0. The number of aromatic amines is 1. The van der Waals surface area contributed by atoms with Crippen LogP contribution in [0.25, 0.3) is 11.1 Å². The molecule has 128 valence electrons. The van der Waals surface area contributed by atoms with E-state index >= 15 is 0 Å². The lowest BCUT2D eigenvalue weighted by Crippen LogP contribution is -1.99. The molecule has 25 heavy (non-hydrogen) atoms. The van der Waals surface area contributed by atoms with E-state index in [4.69, 9.17) is 0 Å². The minimum Gasteiger partial charge on any atom is -0.478 e. The number of aromatic nitrogens is 3. The summed E-state index contributed by atoms with van der Waals surface area (Å²) in [5.41, 5.74) is 3.03. The SMILES string of the molecule is CCCCc1n[nH]c(Cc2ccc(-c3ccccc3C(=O)O)cc2)n1. The average Bonchev–Trinajstić information content (AvgIpc) is 3.08. The van der Waals surface area contributed by atoms with Gasteiger partial charge in [-0.3, -0.25) is 5.10 Å². The van der Waals surface area contributed by atoms with Crippen LogP contribution in [-0.2, 0) is 12.8 Å². The third-order valence-corrected chi connectivity index (χ3v) is 4.13. The van der Waals surface area contributed by atoms with E-state index in [1.54, 1.807) is 12.1 Å². The molecule has 0 aliphatic rings. The molecule has 0 atom stereocenters. The number of unbranched alkanes of at least 4 members (excludes halogenated alkanes) is 1. The van der Waals surface area contributed by atoms with Crippen molar-refractivity contribution in [2.24, 2.45) is 0 Å². The Bertz CT molecular complexity index is 853. The number of carboxylic acids is 1. The molecular weight excluding hydrogens is 314 g/mol. The molecule has 1 aromatic heterocycles. The van der Waals surface area contributed by atoms with E-state index < -0.39 is 5.97 Å². The maximum absolute atomic E-state index is 11.4. The van der Waals surface area contributed by atoms with Crippen molar-refractivity contribution in [3.8, 4) is 11.1 Å². The van der Waals surface area contributed by atoms with E-state index in [0.29, 0.717) is 12.0 Å². The van der Waals surface area contributed by atoms with Gasteiger partial charge in [0.05, 0.1) is 5.56 Å². The molecule has 5 nitrogen and oxygen atoms in total. The Morgan fingerprint density at radius 1 is 1.12 bits per heavy atom. The van der Waals surface area contributed by atoms with E-state index in [-0.39, 0.29) is 0 Å². The van der Waals surface area contributed by atoms with Crippen molar-refractivity contribution in [3.63, 3.8) is 0 Å². The molecule has 0 unspecified atom stereocenters. The Balaban J connectivity index is 1.75. The Hall–Kier alpha value is -2.95. The zero-order valence-electron chi connectivity index (χ0n) is 14.2. The summed E-state index contributed by atoms with van der Waals surface area (Å²) in [4.78, 5) is 15.9. The summed E-state index contributed by atoms with van der Waals surface area (Å²) in [5, 5.41) is 16.6. The maximum atomic E-state index is 11.4. The molecule has 2 aromatic carbocycles. The molecule has 0 bridgehead atoms. The minimum atomic E-state index is -0.916. The van der Waals surface area contributed by atoms with Gasteiger partial charge in [-0.25, -0.2) is 9.78 Å². The molecule has 5 heteroatoms. The fraction of sp³-hybridized carbons (Fsp3) is 0.250. The van der Waals surface area contributed by atoms with Crippen LogP contribution in [0.1, 0.15) is 47.3 Å². The van der Waals surface area contributed by atoms with E-state index in [9.17, 15) is 9.90 Å². The number of H-pyrrole nitrogens is 1. The van der Waals surface area contributed by atoms with Crippen LogP contribution in [0.5, 0.6) is 0 Å². The lowest BCUT2D eigenvalue weighted by Gasteiger charge is -2.07. The second-order valence-corrected chi connectivity index (χ2v) is 6.03. The smallest absolute Gasteiger partial charge is 0.336 e. The Labute approximate surface area is 146 Å². The van der Waals surface area contributed by atoms with Gasteiger partial charge < -0.3 is 5.11 Å². The predicted molar refractivity (Wildman–Crippen MR) is 96.6 cm³/mol. The van der Waals surface area contributed by atoms with Crippen molar-refractivity contribution in [3.05, 3.63) is 71.3 Å². The van der Waals surface area contributed by atoms with Crippen molar-refractivity contribution in [1.29, 1.82) is 0 Å².